The van der Waals surface area contributed by atoms with Crippen LogP contribution in [0.5, 0.6) is 0 Å². The molecule has 0 bridgehead atoms. The van der Waals surface area contributed by atoms with E-state index < -0.39 is 18.4 Å². The molecular weight excluding hydrogens is 514 g/mol. The van der Waals surface area contributed by atoms with Crippen molar-refractivity contribution in [1.29, 1.82) is 0 Å². The Morgan fingerprint density at radius 3 is 1.14 bits per heavy atom. The van der Waals surface area contributed by atoms with Gasteiger partial charge in [-0.1, -0.05) is 95.5 Å². The first-order valence-corrected chi connectivity index (χ1v) is 17.8. The van der Waals surface area contributed by atoms with Gasteiger partial charge in [0.25, 0.3) is 5.11 Å². The van der Waals surface area contributed by atoms with Crippen LogP contribution >= 0.6 is 74.6 Å². The second-order valence-corrected chi connectivity index (χ2v) is 21.0. The molecule has 10 heteroatoms. The minimum Gasteiger partial charge on any atom is -0.0738 e. The average Bonchev–Trinajstić information content (AvgIpc) is 2.66. The normalized spacial score (nSPS) is 12.5. The highest BCUT2D eigenvalue weighted by atomic mass is 36.0. The summed E-state index contributed by atoms with van der Waals surface area (Å²) in [4.78, 5) is 0. The molecule has 2 nitrogen and oxygen atoms in total. The summed E-state index contributed by atoms with van der Waals surface area (Å²) in [5.41, 5.74) is 0. The van der Waals surface area contributed by atoms with E-state index in [1.807, 2.05) is 91.0 Å². The highest BCUT2D eigenvalue weighted by molar-refractivity contribution is 8.31. The van der Waals surface area contributed by atoms with Gasteiger partial charge in [0.05, 0.1) is 0 Å². The average molecular weight is 530 g/mol. The molecule has 146 valence electrons. The number of hydrogen-bond acceptors (Lipinski definition) is 2. The summed E-state index contributed by atoms with van der Waals surface area (Å²) in [5.74, 6) is 0. The van der Waals surface area contributed by atoms with Crippen LogP contribution in [0.3, 0.4) is 0 Å². The van der Waals surface area contributed by atoms with Crippen molar-refractivity contribution < 1.29 is 0 Å². The third kappa shape index (κ3) is 5.57. The molecule has 0 unspecified atom stereocenters. The van der Waals surface area contributed by atoms with Gasteiger partial charge >= 0.3 is 6.27 Å². The molecule has 0 N–H and O–H groups in total. The van der Waals surface area contributed by atoms with Gasteiger partial charge in [-0.2, -0.15) is 0 Å². The molecule has 0 saturated heterocycles. The summed E-state index contributed by atoms with van der Waals surface area (Å²) < 4.78 is 9.11. The molecule has 0 aliphatic heterocycles. The lowest BCUT2D eigenvalue weighted by atomic mass is 10.4. The fourth-order valence-corrected chi connectivity index (χ4v) is 17.7. The van der Waals surface area contributed by atoms with Gasteiger partial charge in [0.15, 0.2) is 22.5 Å². The molecule has 0 spiro atoms. The van der Waals surface area contributed by atoms with Gasteiger partial charge in [-0.3, -0.25) is 0 Å². The van der Waals surface area contributed by atoms with Crippen LogP contribution in [0, 0.1) is 0 Å². The fourth-order valence-electron chi connectivity index (χ4n) is 2.83. The molecule has 3 rings (SSSR count). The van der Waals surface area contributed by atoms with E-state index in [9.17, 15) is 0 Å². The summed E-state index contributed by atoms with van der Waals surface area (Å²) >= 11 is 31.1. The van der Waals surface area contributed by atoms with Crippen LogP contribution in [0.25, 0.3) is 0 Å². The predicted molar refractivity (Wildman–Crippen MR) is 133 cm³/mol. The molecule has 0 fully saturated rings. The number of halogens is 5. The van der Waals surface area contributed by atoms with Crippen molar-refractivity contribution in [3.05, 3.63) is 91.0 Å². The first-order valence-electron chi connectivity index (χ1n) is 8.05. The van der Waals surface area contributed by atoms with Gasteiger partial charge in [-0.25, -0.2) is 0 Å². The van der Waals surface area contributed by atoms with Crippen molar-refractivity contribution >= 4 is 90.6 Å². The minimum atomic E-state index is -3.28. The summed E-state index contributed by atoms with van der Waals surface area (Å²) in [6.45, 7) is 0. The van der Waals surface area contributed by atoms with Crippen molar-refractivity contribution in [1.82, 2.24) is 0 Å². The first-order chi connectivity index (χ1) is 13.2. The van der Waals surface area contributed by atoms with Gasteiger partial charge in [0.2, 0.25) is 0 Å². The Morgan fingerprint density at radius 2 is 0.857 bits per heavy atom. The second-order valence-electron chi connectivity index (χ2n) is 5.70. The molecule has 0 aliphatic carbocycles. The molecule has 28 heavy (non-hydrogen) atoms. The molecule has 0 amide bonds. The van der Waals surface area contributed by atoms with Crippen molar-refractivity contribution in [3.8, 4) is 0 Å². The molecular formula is C18H15Cl5N2P3+. The van der Waals surface area contributed by atoms with Gasteiger partial charge < -0.3 is 0 Å². The van der Waals surface area contributed by atoms with Crippen LogP contribution in [0.15, 0.2) is 100 Å². The quantitative estimate of drug-likeness (QED) is 0.295. The van der Waals surface area contributed by atoms with Gasteiger partial charge in [0, 0.05) is 15.9 Å². The standard InChI is InChI=1S/C18H15Cl5N2P3/c19-27(20,21)25-28(22,23)24-26(16-10-4-1-5-11-16,17-12-6-2-7-13-17)18-14-8-3-9-15-18/h1-15H/q+1. The SMILES string of the molecule is ClP(Cl)(Cl)=N[P+](Cl)(Cl)N=P(c1ccccc1)(c1ccccc1)c1ccccc1. The van der Waals surface area contributed by atoms with Crippen LogP contribution in [0.1, 0.15) is 0 Å². The minimum absolute atomic E-state index is 0.996. The third-order valence-electron chi connectivity index (χ3n) is 3.84. The van der Waals surface area contributed by atoms with E-state index in [0.29, 0.717) is 0 Å². The Kier molecular flexibility index (Phi) is 7.64. The van der Waals surface area contributed by atoms with E-state index in [0.717, 1.165) is 15.9 Å². The van der Waals surface area contributed by atoms with Crippen LogP contribution in [-0.4, -0.2) is 0 Å². The van der Waals surface area contributed by atoms with E-state index in [1.54, 1.807) is 0 Å². The Balaban J connectivity index is 2.47. The first kappa shape index (κ1) is 22.7. The molecule has 0 aliphatic rings. The van der Waals surface area contributed by atoms with E-state index in [-0.39, 0.29) is 0 Å². The lowest BCUT2D eigenvalue weighted by molar-refractivity contribution is 1.71. The third-order valence-corrected chi connectivity index (χ3v) is 14.8. The van der Waals surface area contributed by atoms with Crippen LogP contribution in [0.2, 0.25) is 0 Å². The predicted octanol–water partition coefficient (Wildman–Crippen LogP) is 8.98. The largest absolute Gasteiger partial charge is 0.444 e. The van der Waals surface area contributed by atoms with E-state index >= 15 is 0 Å². The summed E-state index contributed by atoms with van der Waals surface area (Å²) in [5, 5.41) is -0.158. The van der Waals surface area contributed by atoms with Crippen molar-refractivity contribution in [2.75, 3.05) is 0 Å². The van der Waals surface area contributed by atoms with Crippen LogP contribution < -0.4 is 15.9 Å². The number of nitrogens with zero attached hydrogens (tertiary/aromatic N) is 2. The molecule has 0 atom stereocenters. The second kappa shape index (κ2) is 9.43. The number of rotatable bonds is 5. The van der Waals surface area contributed by atoms with Crippen molar-refractivity contribution in [2.45, 2.75) is 0 Å². The maximum Gasteiger partial charge on any atom is 0.444 e. The molecule has 0 radical (unpaired) electrons. The molecule has 0 heterocycles. The van der Waals surface area contributed by atoms with Gasteiger partial charge in [-0.15, -0.1) is 0 Å². The number of hydrogen-bond donors (Lipinski definition) is 0. The maximum atomic E-state index is 6.60. The Hall–Kier alpha value is 0.000000000000000888. The van der Waals surface area contributed by atoms with E-state index in [1.165, 1.54) is 0 Å². The molecule has 0 aromatic heterocycles. The summed E-state index contributed by atoms with van der Waals surface area (Å²) in [6.07, 6.45) is -3.28. The van der Waals surface area contributed by atoms with Crippen LogP contribution in [-0.2, 0) is 0 Å². The fraction of sp³-hybridized carbons (Fsp3) is 0. The maximum absolute atomic E-state index is 6.60. The lowest BCUT2D eigenvalue weighted by Gasteiger charge is -2.25. The zero-order valence-electron chi connectivity index (χ0n) is 14.3. The molecule has 0 saturated carbocycles. The highest BCUT2D eigenvalue weighted by Gasteiger charge is 2.44. The van der Waals surface area contributed by atoms with Crippen molar-refractivity contribution in [3.63, 3.8) is 0 Å². The zero-order chi connectivity index (χ0) is 20.3. The van der Waals surface area contributed by atoms with Gasteiger partial charge in [0.1, 0.15) is 7.05 Å². The topological polar surface area (TPSA) is 24.7 Å². The Bertz CT molecular complexity index is 927. The highest BCUT2D eigenvalue weighted by Crippen LogP contribution is 2.84. The monoisotopic (exact) mass is 527 g/mol. The van der Waals surface area contributed by atoms with Crippen molar-refractivity contribution in [2.24, 2.45) is 9.03 Å². The van der Waals surface area contributed by atoms with Crippen LogP contribution in [0.4, 0.5) is 0 Å². The molecule has 3 aromatic carbocycles. The smallest absolute Gasteiger partial charge is 0.0738 e. The lowest BCUT2D eigenvalue weighted by Crippen LogP contribution is -2.25. The summed E-state index contributed by atoms with van der Waals surface area (Å²) in [7, 11) is -2.60. The molecule has 3 aromatic rings. The van der Waals surface area contributed by atoms with E-state index in [4.69, 9.17) is 60.7 Å². The summed E-state index contributed by atoms with van der Waals surface area (Å²) in [6, 6.07) is 29.8. The Labute approximate surface area is 189 Å². The van der Waals surface area contributed by atoms with Gasteiger partial charge in [-0.05, 0) is 38.2 Å². The van der Waals surface area contributed by atoms with E-state index in [2.05, 4.69) is 4.52 Å². The Morgan fingerprint density at radius 1 is 0.536 bits per heavy atom. The zero-order valence-corrected chi connectivity index (χ0v) is 20.7. The number of benzene rings is 3.